The molecule has 2 aromatic rings. The summed E-state index contributed by atoms with van der Waals surface area (Å²) in [7, 11) is 0. The van der Waals surface area contributed by atoms with E-state index in [2.05, 4.69) is 15.5 Å². The summed E-state index contributed by atoms with van der Waals surface area (Å²) >= 11 is 0. The van der Waals surface area contributed by atoms with Crippen LogP contribution in [0.15, 0.2) is 28.9 Å². The van der Waals surface area contributed by atoms with E-state index in [1.54, 1.807) is 13.0 Å². The molecule has 140 valence electrons. The van der Waals surface area contributed by atoms with Crippen LogP contribution in [0.1, 0.15) is 11.3 Å². The highest BCUT2D eigenvalue weighted by atomic mass is 19.4. The number of piperazine rings is 1. The Morgan fingerprint density at radius 3 is 2.54 bits per heavy atom. The third kappa shape index (κ3) is 4.51. The van der Waals surface area contributed by atoms with Crippen molar-refractivity contribution in [1.29, 1.82) is 0 Å². The highest BCUT2D eigenvalue weighted by Crippen LogP contribution is 2.29. The van der Waals surface area contributed by atoms with Crippen LogP contribution in [0.3, 0.4) is 0 Å². The van der Waals surface area contributed by atoms with Crippen LogP contribution >= 0.6 is 0 Å². The Hall–Kier alpha value is -2.62. The number of nitrogens with one attached hydrogen (secondary N) is 1. The number of pyridine rings is 1. The molecular weight excluding hydrogens is 351 g/mol. The van der Waals surface area contributed by atoms with Crippen molar-refractivity contribution < 1.29 is 22.5 Å². The zero-order chi connectivity index (χ0) is 18.7. The minimum absolute atomic E-state index is 0.202. The van der Waals surface area contributed by atoms with E-state index in [1.807, 2.05) is 9.80 Å². The molecule has 1 fully saturated rings. The highest BCUT2D eigenvalue weighted by molar-refractivity contribution is 5.90. The summed E-state index contributed by atoms with van der Waals surface area (Å²) in [5, 5.41) is 6.32. The first-order valence-corrected chi connectivity index (χ1v) is 8.05. The molecule has 1 aliphatic rings. The van der Waals surface area contributed by atoms with Crippen LogP contribution in [0.4, 0.5) is 24.9 Å². The molecule has 3 heterocycles. The lowest BCUT2D eigenvalue weighted by atomic mass is 10.2. The van der Waals surface area contributed by atoms with Gasteiger partial charge in [0.05, 0.1) is 17.8 Å². The van der Waals surface area contributed by atoms with Gasteiger partial charge in [-0.1, -0.05) is 5.16 Å². The van der Waals surface area contributed by atoms with Crippen molar-refractivity contribution in [3.05, 3.63) is 35.7 Å². The second-order valence-electron chi connectivity index (χ2n) is 6.05. The van der Waals surface area contributed by atoms with Gasteiger partial charge in [-0.3, -0.25) is 15.0 Å². The van der Waals surface area contributed by atoms with Gasteiger partial charge in [0.15, 0.2) is 0 Å². The zero-order valence-electron chi connectivity index (χ0n) is 14.1. The van der Waals surface area contributed by atoms with Crippen molar-refractivity contribution in [2.24, 2.45) is 0 Å². The zero-order valence-corrected chi connectivity index (χ0v) is 14.1. The first kappa shape index (κ1) is 18.2. The molecule has 10 heteroatoms. The van der Waals surface area contributed by atoms with Gasteiger partial charge < -0.3 is 9.42 Å². The Kier molecular flexibility index (Phi) is 5.12. The van der Waals surface area contributed by atoms with Crippen molar-refractivity contribution in [2.75, 3.05) is 42.9 Å². The Balaban J connectivity index is 1.48. The first-order valence-electron chi connectivity index (χ1n) is 8.05. The lowest BCUT2D eigenvalue weighted by molar-refractivity contribution is -0.137. The molecule has 2 aromatic heterocycles. The Morgan fingerprint density at radius 1 is 1.27 bits per heavy atom. The molecule has 0 spiro atoms. The van der Waals surface area contributed by atoms with Crippen LogP contribution in [0, 0.1) is 6.92 Å². The standard InChI is InChI=1S/C16H18F3N5O2/c1-11-8-15(26-22-11)21-14(25)10-23-4-6-24(7-5-23)13-3-2-12(9-20-13)16(17,18)19/h2-3,8-9H,4-7,10H2,1H3,(H,21,25). The maximum atomic E-state index is 12.6. The SMILES string of the molecule is Cc1cc(NC(=O)CN2CCN(c3ccc(C(F)(F)F)cn3)CC2)on1. The van der Waals surface area contributed by atoms with E-state index in [1.165, 1.54) is 6.07 Å². The lowest BCUT2D eigenvalue weighted by Crippen LogP contribution is -2.48. The number of halogens is 3. The van der Waals surface area contributed by atoms with Gasteiger partial charge in [0.25, 0.3) is 0 Å². The fourth-order valence-corrected chi connectivity index (χ4v) is 2.68. The smallest absolute Gasteiger partial charge is 0.354 e. The number of nitrogens with zero attached hydrogens (tertiary/aromatic N) is 4. The third-order valence-corrected chi connectivity index (χ3v) is 4.03. The van der Waals surface area contributed by atoms with Crippen molar-refractivity contribution in [3.8, 4) is 0 Å². The van der Waals surface area contributed by atoms with Gasteiger partial charge in [-0.05, 0) is 19.1 Å². The minimum atomic E-state index is -4.39. The highest BCUT2D eigenvalue weighted by Gasteiger charge is 2.31. The van der Waals surface area contributed by atoms with Gasteiger partial charge >= 0.3 is 6.18 Å². The number of hydrogen-bond acceptors (Lipinski definition) is 6. The van der Waals surface area contributed by atoms with Crippen LogP contribution in [0.25, 0.3) is 0 Å². The number of carbonyl (C=O) groups is 1. The van der Waals surface area contributed by atoms with Crippen LogP contribution in [-0.2, 0) is 11.0 Å². The Labute approximate surface area is 147 Å². The molecule has 1 saturated heterocycles. The molecule has 0 radical (unpaired) electrons. The van der Waals surface area contributed by atoms with Gasteiger partial charge in [0, 0.05) is 38.4 Å². The predicted octanol–water partition coefficient (Wildman–Crippen LogP) is 2.16. The van der Waals surface area contributed by atoms with Crippen LogP contribution < -0.4 is 10.2 Å². The molecule has 3 rings (SSSR count). The summed E-state index contributed by atoms with van der Waals surface area (Å²) in [5.41, 5.74) is -0.0860. The summed E-state index contributed by atoms with van der Waals surface area (Å²) in [6.07, 6.45) is -3.55. The number of anilines is 2. The number of amides is 1. The average molecular weight is 369 g/mol. The monoisotopic (exact) mass is 369 g/mol. The predicted molar refractivity (Wildman–Crippen MR) is 87.8 cm³/mol. The molecule has 0 saturated carbocycles. The first-order chi connectivity index (χ1) is 12.3. The largest absolute Gasteiger partial charge is 0.417 e. The Morgan fingerprint density at radius 2 is 2.00 bits per heavy atom. The number of alkyl halides is 3. The maximum Gasteiger partial charge on any atom is 0.417 e. The second-order valence-corrected chi connectivity index (χ2v) is 6.05. The number of hydrogen-bond donors (Lipinski definition) is 1. The summed E-state index contributed by atoms with van der Waals surface area (Å²) in [6.45, 7) is 4.32. The molecular formula is C16H18F3N5O2. The van der Waals surface area contributed by atoms with E-state index >= 15 is 0 Å². The maximum absolute atomic E-state index is 12.6. The van der Waals surface area contributed by atoms with Crippen LogP contribution in [0.2, 0.25) is 0 Å². The third-order valence-electron chi connectivity index (χ3n) is 4.03. The molecule has 26 heavy (non-hydrogen) atoms. The van der Waals surface area contributed by atoms with Crippen LogP contribution in [-0.4, -0.2) is 53.7 Å². The molecule has 1 amide bonds. The van der Waals surface area contributed by atoms with E-state index in [0.717, 1.165) is 12.3 Å². The normalized spacial score (nSPS) is 15.9. The molecule has 0 unspecified atom stereocenters. The summed E-state index contributed by atoms with van der Waals surface area (Å²) in [4.78, 5) is 19.8. The molecule has 0 bridgehead atoms. The second kappa shape index (κ2) is 7.32. The summed E-state index contributed by atoms with van der Waals surface area (Å²) in [6, 6.07) is 4.03. The van der Waals surface area contributed by atoms with Crippen LogP contribution in [0.5, 0.6) is 0 Å². The number of aromatic nitrogens is 2. The number of carbonyl (C=O) groups excluding carboxylic acids is 1. The van der Waals surface area contributed by atoms with Gasteiger partial charge in [0.2, 0.25) is 11.8 Å². The van der Waals surface area contributed by atoms with Crippen molar-refractivity contribution in [3.63, 3.8) is 0 Å². The van der Waals surface area contributed by atoms with E-state index in [9.17, 15) is 18.0 Å². The van der Waals surface area contributed by atoms with Crippen molar-refractivity contribution >= 4 is 17.6 Å². The quantitative estimate of drug-likeness (QED) is 0.890. The number of aryl methyl sites for hydroxylation is 1. The molecule has 0 aliphatic carbocycles. The topological polar surface area (TPSA) is 74.5 Å². The Bertz CT molecular complexity index is 752. The lowest BCUT2D eigenvalue weighted by Gasteiger charge is -2.35. The summed E-state index contributed by atoms with van der Waals surface area (Å²) < 4.78 is 42.7. The van der Waals surface area contributed by atoms with E-state index in [4.69, 9.17) is 4.52 Å². The van der Waals surface area contributed by atoms with E-state index < -0.39 is 11.7 Å². The number of rotatable bonds is 4. The van der Waals surface area contributed by atoms with E-state index in [-0.39, 0.29) is 12.5 Å². The molecule has 7 nitrogen and oxygen atoms in total. The molecule has 0 atom stereocenters. The van der Waals surface area contributed by atoms with Crippen molar-refractivity contribution in [1.82, 2.24) is 15.0 Å². The molecule has 1 aliphatic heterocycles. The summed E-state index contributed by atoms with van der Waals surface area (Å²) in [5.74, 6) is 0.599. The molecule has 1 N–H and O–H groups in total. The van der Waals surface area contributed by atoms with Gasteiger partial charge in [-0.15, -0.1) is 0 Å². The van der Waals surface area contributed by atoms with Gasteiger partial charge in [-0.2, -0.15) is 13.2 Å². The van der Waals surface area contributed by atoms with Crippen molar-refractivity contribution in [2.45, 2.75) is 13.1 Å². The minimum Gasteiger partial charge on any atom is -0.354 e. The fraction of sp³-hybridized carbons (Fsp3) is 0.438. The average Bonchev–Trinajstić information content (AvgIpc) is 2.99. The van der Waals surface area contributed by atoms with E-state index in [0.29, 0.717) is 43.6 Å². The fourth-order valence-electron chi connectivity index (χ4n) is 2.68. The molecule has 0 aromatic carbocycles. The van der Waals surface area contributed by atoms with Gasteiger partial charge in [0.1, 0.15) is 5.82 Å². The van der Waals surface area contributed by atoms with Gasteiger partial charge in [-0.25, -0.2) is 4.98 Å².